The molecule has 0 aliphatic rings. The number of hydrogen-bond acceptors (Lipinski definition) is 4. The number of hydrogen-bond donors (Lipinski definition) is 0. The van der Waals surface area contributed by atoms with Crippen LogP contribution in [0.3, 0.4) is 0 Å². The molecule has 4 aromatic carbocycles. The quantitative estimate of drug-likeness (QED) is 0.154. The van der Waals surface area contributed by atoms with E-state index in [0.29, 0.717) is 26.4 Å². The summed E-state index contributed by atoms with van der Waals surface area (Å²) < 4.78 is 11.9. The third-order valence-electron chi connectivity index (χ3n) is 6.47. The Morgan fingerprint density at radius 3 is 0.868 bits per heavy atom. The summed E-state index contributed by atoms with van der Waals surface area (Å²) in [5.74, 6) is 0. The largest absolute Gasteiger partial charge is 0.378 e. The van der Waals surface area contributed by atoms with E-state index in [4.69, 9.17) is 9.47 Å². The van der Waals surface area contributed by atoms with Gasteiger partial charge in [-0.05, 0) is 22.3 Å². The maximum absolute atomic E-state index is 5.96. The van der Waals surface area contributed by atoms with Gasteiger partial charge in [-0.2, -0.15) is 0 Å². The lowest BCUT2D eigenvalue weighted by molar-refractivity contribution is 0.0283. The lowest BCUT2D eigenvalue weighted by Gasteiger charge is -2.23. The first-order chi connectivity index (χ1) is 18.8. The smallest absolute Gasteiger partial charge is 0.0701 e. The molecule has 0 aliphatic carbocycles. The van der Waals surface area contributed by atoms with Gasteiger partial charge in [0.2, 0.25) is 0 Å². The van der Waals surface area contributed by atoms with Gasteiger partial charge in [-0.1, -0.05) is 121 Å². The summed E-state index contributed by atoms with van der Waals surface area (Å²) in [5.41, 5.74) is 5.29. The van der Waals surface area contributed by atoms with Gasteiger partial charge in [-0.25, -0.2) is 0 Å². The van der Waals surface area contributed by atoms with Gasteiger partial charge in [0.15, 0.2) is 0 Å². The van der Waals surface area contributed by atoms with Gasteiger partial charge in [0.1, 0.15) is 0 Å². The summed E-state index contributed by atoms with van der Waals surface area (Å²) in [4.78, 5) is 4.88. The molecule has 0 spiro atoms. The average Bonchev–Trinajstić information content (AvgIpc) is 2.96. The van der Waals surface area contributed by atoms with Crippen molar-refractivity contribution >= 4 is 0 Å². The van der Waals surface area contributed by atoms with E-state index >= 15 is 0 Å². The summed E-state index contributed by atoms with van der Waals surface area (Å²) in [7, 11) is 0. The summed E-state index contributed by atoms with van der Waals surface area (Å²) in [5, 5.41) is 0. The van der Waals surface area contributed by atoms with Crippen molar-refractivity contribution in [3.8, 4) is 0 Å². The highest BCUT2D eigenvalue weighted by molar-refractivity contribution is 5.18. The molecule has 198 valence electrons. The Morgan fingerprint density at radius 2 is 0.605 bits per heavy atom. The van der Waals surface area contributed by atoms with E-state index in [1.54, 1.807) is 0 Å². The van der Waals surface area contributed by atoms with Crippen molar-refractivity contribution in [2.24, 2.45) is 0 Å². The second-order valence-electron chi connectivity index (χ2n) is 9.59. The van der Waals surface area contributed by atoms with Crippen LogP contribution in [0.1, 0.15) is 22.3 Å². The van der Waals surface area contributed by atoms with Gasteiger partial charge in [0.25, 0.3) is 0 Å². The highest BCUT2D eigenvalue weighted by atomic mass is 16.5. The topological polar surface area (TPSA) is 24.9 Å². The van der Waals surface area contributed by atoms with E-state index in [2.05, 4.69) is 131 Å². The highest BCUT2D eigenvalue weighted by Crippen LogP contribution is 2.11. The molecule has 0 aromatic heterocycles. The molecule has 0 amide bonds. The Kier molecular flexibility index (Phi) is 12.1. The monoisotopic (exact) mass is 508 g/mol. The first kappa shape index (κ1) is 27.7. The van der Waals surface area contributed by atoms with Crippen LogP contribution >= 0.6 is 0 Å². The molecule has 0 fully saturated rings. The zero-order valence-corrected chi connectivity index (χ0v) is 22.3. The van der Waals surface area contributed by atoms with Gasteiger partial charge < -0.3 is 9.47 Å². The van der Waals surface area contributed by atoms with Crippen LogP contribution in [0.15, 0.2) is 121 Å². The summed E-state index contributed by atoms with van der Waals surface area (Å²) in [6.45, 7) is 8.01. The Balaban J connectivity index is 1.16. The fourth-order valence-electron chi connectivity index (χ4n) is 4.50. The minimum absolute atomic E-state index is 0.613. The second-order valence-corrected chi connectivity index (χ2v) is 9.59. The molecule has 4 aromatic rings. The zero-order valence-electron chi connectivity index (χ0n) is 22.3. The van der Waals surface area contributed by atoms with E-state index in [0.717, 1.165) is 39.3 Å². The van der Waals surface area contributed by atoms with Gasteiger partial charge in [0.05, 0.1) is 26.4 Å². The van der Waals surface area contributed by atoms with Crippen molar-refractivity contribution in [1.29, 1.82) is 0 Å². The molecule has 0 saturated heterocycles. The molecule has 4 heteroatoms. The minimum atomic E-state index is 0.613. The van der Waals surface area contributed by atoms with E-state index in [9.17, 15) is 0 Å². The standard InChI is InChI=1S/C34H40N2O2/c1-5-13-31(14-6-1)27-35(28-32-15-7-2-8-16-32)21-23-37-25-26-38-24-22-36(29-33-17-9-3-10-18-33)30-34-19-11-4-12-20-34/h1-20H,21-30H2. The first-order valence-corrected chi connectivity index (χ1v) is 13.6. The number of ether oxygens (including phenoxy) is 2. The molecule has 0 bridgehead atoms. The lowest BCUT2D eigenvalue weighted by atomic mass is 10.1. The van der Waals surface area contributed by atoms with Crippen LogP contribution in [0.2, 0.25) is 0 Å². The molecule has 0 saturated carbocycles. The van der Waals surface area contributed by atoms with Crippen LogP contribution in [-0.4, -0.2) is 49.3 Å². The summed E-state index contributed by atoms with van der Waals surface area (Å²) in [6.07, 6.45) is 0. The first-order valence-electron chi connectivity index (χ1n) is 13.6. The van der Waals surface area contributed by atoms with Gasteiger partial charge in [0, 0.05) is 39.3 Å². The van der Waals surface area contributed by atoms with Gasteiger partial charge in [-0.15, -0.1) is 0 Å². The minimum Gasteiger partial charge on any atom is -0.378 e. The molecule has 0 radical (unpaired) electrons. The van der Waals surface area contributed by atoms with Crippen LogP contribution < -0.4 is 0 Å². The van der Waals surface area contributed by atoms with Crippen molar-refractivity contribution in [3.63, 3.8) is 0 Å². The maximum atomic E-state index is 5.96. The van der Waals surface area contributed by atoms with Gasteiger partial charge in [-0.3, -0.25) is 9.80 Å². The van der Waals surface area contributed by atoms with Crippen LogP contribution in [-0.2, 0) is 35.7 Å². The zero-order chi connectivity index (χ0) is 26.1. The normalized spacial score (nSPS) is 11.3. The fourth-order valence-corrected chi connectivity index (χ4v) is 4.50. The number of nitrogens with zero attached hydrogens (tertiary/aromatic N) is 2. The predicted molar refractivity (Wildman–Crippen MR) is 156 cm³/mol. The average molecular weight is 509 g/mol. The molecule has 4 rings (SSSR count). The summed E-state index contributed by atoms with van der Waals surface area (Å²) >= 11 is 0. The second kappa shape index (κ2) is 16.5. The lowest BCUT2D eigenvalue weighted by Crippen LogP contribution is -2.28. The van der Waals surface area contributed by atoms with Crippen LogP contribution in [0.5, 0.6) is 0 Å². The van der Waals surface area contributed by atoms with Crippen LogP contribution in [0, 0.1) is 0 Å². The third kappa shape index (κ3) is 10.6. The number of benzene rings is 4. The molecule has 0 heterocycles. The molecule has 0 N–H and O–H groups in total. The maximum Gasteiger partial charge on any atom is 0.0701 e. The van der Waals surface area contributed by atoms with E-state index < -0.39 is 0 Å². The Bertz CT molecular complexity index is 948. The Hall–Kier alpha value is -3.28. The summed E-state index contributed by atoms with van der Waals surface area (Å²) in [6, 6.07) is 42.6. The molecule has 4 nitrogen and oxygen atoms in total. The highest BCUT2D eigenvalue weighted by Gasteiger charge is 2.09. The third-order valence-corrected chi connectivity index (χ3v) is 6.47. The predicted octanol–water partition coefficient (Wildman–Crippen LogP) is 6.42. The van der Waals surface area contributed by atoms with Crippen molar-refractivity contribution < 1.29 is 9.47 Å². The molecule has 0 unspecified atom stereocenters. The molecular formula is C34H40N2O2. The molecule has 0 aliphatic heterocycles. The Labute approximate surface area is 228 Å². The van der Waals surface area contributed by atoms with Crippen LogP contribution in [0.4, 0.5) is 0 Å². The molecular weight excluding hydrogens is 468 g/mol. The molecule has 0 atom stereocenters. The fraction of sp³-hybridized carbons (Fsp3) is 0.294. The van der Waals surface area contributed by atoms with E-state index in [-0.39, 0.29) is 0 Å². The van der Waals surface area contributed by atoms with Crippen LogP contribution in [0.25, 0.3) is 0 Å². The van der Waals surface area contributed by atoms with Crippen molar-refractivity contribution in [2.75, 3.05) is 39.5 Å². The van der Waals surface area contributed by atoms with Crippen molar-refractivity contribution in [3.05, 3.63) is 144 Å². The van der Waals surface area contributed by atoms with Gasteiger partial charge >= 0.3 is 0 Å². The van der Waals surface area contributed by atoms with E-state index in [1.807, 2.05) is 0 Å². The Morgan fingerprint density at radius 1 is 0.342 bits per heavy atom. The van der Waals surface area contributed by atoms with Crippen molar-refractivity contribution in [1.82, 2.24) is 9.80 Å². The molecule has 38 heavy (non-hydrogen) atoms. The van der Waals surface area contributed by atoms with E-state index in [1.165, 1.54) is 22.3 Å². The number of rotatable bonds is 17. The SMILES string of the molecule is c1ccc(CN(CCOCCOCCN(Cc2ccccc2)Cc2ccccc2)Cc2ccccc2)cc1. The van der Waals surface area contributed by atoms with Crippen molar-refractivity contribution in [2.45, 2.75) is 26.2 Å².